The molecule has 0 amide bonds. The highest BCUT2D eigenvalue weighted by Crippen LogP contribution is 2.65. The van der Waals surface area contributed by atoms with Crippen LogP contribution in [0, 0.1) is 11.8 Å². The lowest BCUT2D eigenvalue weighted by molar-refractivity contribution is -0.427. The van der Waals surface area contributed by atoms with Gasteiger partial charge in [-0.2, -0.15) is 0 Å². The van der Waals surface area contributed by atoms with Gasteiger partial charge in [0.05, 0.1) is 66.2 Å². The molecule has 1 spiro atoms. The fourth-order valence-electron chi connectivity index (χ4n) is 6.22. The molecule has 3 fully saturated rings. The van der Waals surface area contributed by atoms with E-state index in [0.29, 0.717) is 22.8 Å². The molecule has 0 radical (unpaired) electrons. The highest BCUT2D eigenvalue weighted by molar-refractivity contribution is 8.08. The fourth-order valence-corrected chi connectivity index (χ4v) is 10.6. The lowest BCUT2D eigenvalue weighted by Gasteiger charge is -2.49. The first-order valence-corrected chi connectivity index (χ1v) is 17.8. The number of ether oxygens (including phenoxy) is 3. The van der Waals surface area contributed by atoms with Crippen molar-refractivity contribution in [2.75, 3.05) is 26.1 Å². The number of phosphoric ester groups is 1. The number of anilines is 1. The Labute approximate surface area is 249 Å². The molecular formula is C21H33N3O14P2S2. The van der Waals surface area contributed by atoms with Crippen molar-refractivity contribution in [2.45, 2.75) is 78.1 Å². The van der Waals surface area contributed by atoms with Gasteiger partial charge in [0, 0.05) is 18.8 Å². The molecule has 238 valence electrons. The van der Waals surface area contributed by atoms with Gasteiger partial charge in [0.25, 0.3) is 0 Å². The van der Waals surface area contributed by atoms with E-state index in [-0.39, 0.29) is 18.3 Å². The third-order valence-electron chi connectivity index (χ3n) is 7.91. The van der Waals surface area contributed by atoms with Gasteiger partial charge in [0.2, 0.25) is 0 Å². The Morgan fingerprint density at radius 1 is 1.29 bits per heavy atom. The minimum atomic E-state index is -5.25. The van der Waals surface area contributed by atoms with Gasteiger partial charge in [-0.1, -0.05) is 6.92 Å². The molecule has 3 aliphatic heterocycles. The molecule has 17 nitrogen and oxygen atoms in total. The normalized spacial score (nSPS) is 42.8. The first-order chi connectivity index (χ1) is 19.6. The van der Waals surface area contributed by atoms with Crippen molar-refractivity contribution in [3.8, 4) is 0 Å². The molecular weight excluding hydrogens is 644 g/mol. The Kier molecular flexibility index (Phi) is 9.22. The zero-order chi connectivity index (χ0) is 30.8. The van der Waals surface area contributed by atoms with Crippen LogP contribution in [0.15, 0.2) is 11.2 Å². The molecule has 0 bridgehead atoms. The Bertz CT molecular complexity index is 1290. The number of thioether (sulfide) groups is 1. The predicted octanol–water partition coefficient (Wildman–Crippen LogP) is -1.32. The number of hydrogen-bond acceptors (Lipinski definition) is 17. The summed E-state index contributed by atoms with van der Waals surface area (Å²) in [5.74, 6) is -5.12. The van der Waals surface area contributed by atoms with Gasteiger partial charge in [0.1, 0.15) is 17.7 Å². The van der Waals surface area contributed by atoms with E-state index in [1.165, 1.54) is 25.2 Å². The molecule has 4 aliphatic rings. The summed E-state index contributed by atoms with van der Waals surface area (Å²) in [7, 11) is -3.73. The van der Waals surface area contributed by atoms with Crippen LogP contribution >= 0.6 is 26.3 Å². The number of nitrogen functional groups attached to an aromatic ring is 1. The van der Waals surface area contributed by atoms with Crippen molar-refractivity contribution in [3.05, 3.63) is 12.0 Å². The van der Waals surface area contributed by atoms with Crippen molar-refractivity contribution < 1.29 is 67.5 Å². The second-order valence-corrected chi connectivity index (χ2v) is 16.4. The van der Waals surface area contributed by atoms with E-state index in [4.69, 9.17) is 45.1 Å². The molecule has 0 aromatic carbocycles. The molecule has 4 heterocycles. The fraction of sp³-hybridized carbons (Fsp3) is 0.810. The minimum Gasteiger partial charge on any atom is -0.394 e. The highest BCUT2D eigenvalue weighted by atomic mass is 32.5. The monoisotopic (exact) mass is 677 g/mol. The van der Waals surface area contributed by atoms with Crippen LogP contribution < -0.4 is 5.73 Å². The summed E-state index contributed by atoms with van der Waals surface area (Å²) in [6, 6.07) is 0. The average molecular weight is 678 g/mol. The zero-order valence-corrected chi connectivity index (χ0v) is 25.7. The van der Waals surface area contributed by atoms with Gasteiger partial charge < -0.3 is 59.8 Å². The molecule has 1 aromatic rings. The lowest BCUT2D eigenvalue weighted by Crippen LogP contribution is -2.64. The lowest BCUT2D eigenvalue weighted by atomic mass is 9.86. The summed E-state index contributed by atoms with van der Waals surface area (Å²) >= 11 is 6.42. The number of nitrogens with two attached hydrogens (primary N) is 1. The molecule has 1 aliphatic carbocycles. The number of fused-ring (bicyclic) bond motifs is 3. The zero-order valence-electron chi connectivity index (χ0n) is 22.3. The molecule has 13 atom stereocenters. The molecule has 21 heteroatoms. The topological polar surface area (TPSA) is 266 Å². The number of hydrogen-bond donors (Lipinski definition) is 8. The molecule has 10 unspecified atom stereocenters. The quantitative estimate of drug-likeness (QED) is 0.133. The highest BCUT2D eigenvalue weighted by Gasteiger charge is 2.73. The van der Waals surface area contributed by atoms with E-state index in [1.807, 2.05) is 6.92 Å². The second kappa shape index (κ2) is 11.7. The Hall–Kier alpha value is -0.410. The summed E-state index contributed by atoms with van der Waals surface area (Å²) in [6.07, 6.45) is -6.05. The van der Waals surface area contributed by atoms with E-state index < -0.39 is 81.2 Å². The minimum absolute atomic E-state index is 0.0697. The first kappa shape index (κ1) is 33.0. The van der Waals surface area contributed by atoms with E-state index in [0.717, 1.165) is 0 Å². The largest absolute Gasteiger partial charge is 0.481 e. The maximum Gasteiger partial charge on any atom is 0.481 e. The van der Waals surface area contributed by atoms with Crippen LogP contribution in [0.3, 0.4) is 0 Å². The Morgan fingerprint density at radius 2 is 2.00 bits per heavy atom. The predicted molar refractivity (Wildman–Crippen MR) is 145 cm³/mol. The van der Waals surface area contributed by atoms with Crippen molar-refractivity contribution in [3.63, 3.8) is 0 Å². The van der Waals surface area contributed by atoms with Gasteiger partial charge in [-0.25, -0.2) is 18.8 Å². The Morgan fingerprint density at radius 3 is 2.67 bits per heavy atom. The maximum atomic E-state index is 12.7. The summed E-state index contributed by atoms with van der Waals surface area (Å²) in [5.41, 5.74) is 5.66. The summed E-state index contributed by atoms with van der Waals surface area (Å²) in [6.45, 7) is -3.69. The van der Waals surface area contributed by atoms with Crippen LogP contribution in [0.5, 0.6) is 0 Å². The van der Waals surface area contributed by atoms with Gasteiger partial charge in [0.15, 0.2) is 12.1 Å². The van der Waals surface area contributed by atoms with Crippen molar-refractivity contribution in [1.29, 1.82) is 0 Å². The van der Waals surface area contributed by atoms with Gasteiger partial charge in [-0.3, -0.25) is 4.52 Å². The summed E-state index contributed by atoms with van der Waals surface area (Å²) in [5, 5.41) is 50.4. The van der Waals surface area contributed by atoms with Crippen LogP contribution in [0.4, 0.5) is 5.82 Å². The van der Waals surface area contributed by atoms with E-state index in [2.05, 4.69) is 9.97 Å². The van der Waals surface area contributed by atoms with Crippen LogP contribution in [-0.2, 0) is 49.5 Å². The van der Waals surface area contributed by atoms with Crippen molar-refractivity contribution in [1.82, 2.24) is 9.97 Å². The van der Waals surface area contributed by atoms with E-state index in [9.17, 15) is 39.9 Å². The maximum absolute atomic E-state index is 12.7. The van der Waals surface area contributed by atoms with Gasteiger partial charge >= 0.3 is 14.5 Å². The van der Waals surface area contributed by atoms with Crippen LogP contribution in [0.2, 0.25) is 0 Å². The number of methoxy groups -OCH3 is 1. The van der Waals surface area contributed by atoms with Crippen LogP contribution in [0.25, 0.3) is 0 Å². The van der Waals surface area contributed by atoms with E-state index >= 15 is 0 Å². The first-order valence-electron chi connectivity index (χ1n) is 12.8. The van der Waals surface area contributed by atoms with Crippen molar-refractivity contribution in [2.24, 2.45) is 11.8 Å². The number of rotatable bonds is 10. The van der Waals surface area contributed by atoms with Crippen LogP contribution in [0.1, 0.15) is 25.5 Å². The molecule has 42 heavy (non-hydrogen) atoms. The van der Waals surface area contributed by atoms with E-state index in [1.54, 1.807) is 0 Å². The Balaban J connectivity index is 1.22. The smallest absolute Gasteiger partial charge is 0.394 e. The number of phosphoric acid groups is 1. The standard InChI is InChI=1S/C21H33N3O14P2S2/c1-8-4-20(17-16(42-8)18(22)24-7-23-17)11(33-2)3-9(35-20)6-34-40(32,41)38-39(30,31)37-19-13-15(28)14(27)12(10(26)5-25)21(13,29)36-19/h7-15,19,25-29H,3-6H2,1-2H3,(H,30,31)(H,32,41)(H2,22,23,24)/t8?,9-,10-,11+,12?,13?,14?,15?,19?,20?,21?,40?/m0/s1. The number of aliphatic hydroxyl groups is 5. The van der Waals surface area contributed by atoms with Gasteiger partial charge in [-0.05, 0) is 18.2 Å². The molecule has 1 aromatic heterocycles. The van der Waals surface area contributed by atoms with Gasteiger partial charge in [-0.15, -0.1) is 11.8 Å². The second-order valence-electron chi connectivity index (χ2n) is 10.6. The molecule has 1 saturated carbocycles. The summed E-state index contributed by atoms with van der Waals surface area (Å²) < 4.78 is 44.8. The number of aliphatic hydroxyl groups excluding tert-OH is 4. The molecule has 9 N–H and O–H groups in total. The molecule has 5 rings (SSSR count). The van der Waals surface area contributed by atoms with Crippen LogP contribution in [-0.4, -0.2) is 113 Å². The third kappa shape index (κ3) is 5.71. The number of nitrogens with zero attached hydrogens (tertiary/aromatic N) is 2. The third-order valence-corrected chi connectivity index (χ3v) is 12.6. The van der Waals surface area contributed by atoms with Crippen molar-refractivity contribution >= 4 is 43.9 Å². The molecule has 2 saturated heterocycles. The average Bonchev–Trinajstić information content (AvgIpc) is 3.30. The number of aromatic nitrogens is 2. The summed E-state index contributed by atoms with van der Waals surface area (Å²) in [4.78, 5) is 30.0. The SMILES string of the molecule is CO[C@@H]1C[C@@H](COP(O)(=S)OP(=O)(O)OC2OC3(O)C2C(O)C(O)C3[C@@H](O)CO)OC12CC(C)Sc1c(N)ncnc12.